The number of nitrogens with one attached hydrogen (secondary N) is 1. The first-order chi connectivity index (χ1) is 23.3. The minimum Gasteiger partial charge on any atom is -0.463 e. The predicted octanol–water partition coefficient (Wildman–Crippen LogP) is 9.60. The maximum atomic E-state index is 12.0. The second-order valence-electron chi connectivity index (χ2n) is 12.2. The highest BCUT2D eigenvalue weighted by molar-refractivity contribution is 7.47. The van der Waals surface area contributed by atoms with Crippen molar-refractivity contribution in [2.75, 3.05) is 26.4 Å². The third kappa shape index (κ3) is 35.3. The van der Waals surface area contributed by atoms with Crippen molar-refractivity contribution in [2.24, 2.45) is 0 Å². The molecule has 0 aromatic heterocycles. The second kappa shape index (κ2) is 34.8. The van der Waals surface area contributed by atoms with E-state index < -0.39 is 26.5 Å². The van der Waals surface area contributed by atoms with Gasteiger partial charge in [0.25, 0.3) is 0 Å². The Morgan fingerprint density at radius 2 is 1.12 bits per heavy atom. The zero-order valence-electron chi connectivity index (χ0n) is 30.2. The van der Waals surface area contributed by atoms with Crippen LogP contribution in [0.15, 0.2) is 48.6 Å². The molecule has 0 aliphatic carbocycles. The van der Waals surface area contributed by atoms with Crippen LogP contribution in [0.2, 0.25) is 0 Å². The number of ether oxygens (including phenoxy) is 1. The molecule has 0 aromatic carbocycles. The largest absolute Gasteiger partial charge is 0.472 e. The Balaban J connectivity index is 3.67. The number of esters is 1. The lowest BCUT2D eigenvalue weighted by atomic mass is 10.1. The predicted molar refractivity (Wildman–Crippen MR) is 197 cm³/mol. The van der Waals surface area contributed by atoms with E-state index in [-0.39, 0.29) is 32.1 Å². The maximum absolute atomic E-state index is 12.0. The zero-order valence-corrected chi connectivity index (χ0v) is 31.1. The lowest BCUT2D eigenvalue weighted by Crippen LogP contribution is -2.27. The Kier molecular flexibility index (Phi) is 33.3. The molecule has 0 rings (SSSR count). The first kappa shape index (κ1) is 46.0. The van der Waals surface area contributed by atoms with E-state index in [4.69, 9.17) is 13.8 Å². The van der Waals surface area contributed by atoms with Crippen molar-refractivity contribution < 1.29 is 37.9 Å². The number of unbranched alkanes of at least 4 members (excludes halogenated alkanes) is 13. The number of carbonyl (C=O) groups is 2. The highest BCUT2D eigenvalue weighted by Gasteiger charge is 2.23. The lowest BCUT2D eigenvalue weighted by Gasteiger charge is -2.15. The van der Waals surface area contributed by atoms with Gasteiger partial charge in [-0.3, -0.25) is 18.6 Å². The van der Waals surface area contributed by atoms with E-state index in [1.807, 2.05) is 0 Å². The minimum atomic E-state index is -4.40. The molecule has 0 aliphatic heterocycles. The fraction of sp³-hybridized carbons (Fsp3) is 0.737. The van der Waals surface area contributed by atoms with Gasteiger partial charge in [-0.05, 0) is 57.8 Å². The molecule has 0 bridgehead atoms. The fourth-order valence-corrected chi connectivity index (χ4v) is 5.41. The van der Waals surface area contributed by atoms with Crippen molar-refractivity contribution >= 4 is 19.7 Å². The van der Waals surface area contributed by atoms with Crippen LogP contribution in [-0.4, -0.2) is 54.3 Å². The van der Waals surface area contributed by atoms with Crippen molar-refractivity contribution in [3.8, 4) is 0 Å². The molecule has 0 saturated carbocycles. The van der Waals surface area contributed by atoms with Crippen molar-refractivity contribution in [1.29, 1.82) is 0 Å². The molecule has 3 N–H and O–H groups in total. The van der Waals surface area contributed by atoms with Gasteiger partial charge < -0.3 is 20.1 Å². The van der Waals surface area contributed by atoms with E-state index >= 15 is 0 Å². The molecule has 1 amide bonds. The van der Waals surface area contributed by atoms with E-state index in [9.17, 15) is 24.2 Å². The van der Waals surface area contributed by atoms with Gasteiger partial charge in [0.1, 0.15) is 12.7 Å². The van der Waals surface area contributed by atoms with Crippen LogP contribution in [0.5, 0.6) is 0 Å². The average Bonchev–Trinajstić information content (AvgIpc) is 3.07. The van der Waals surface area contributed by atoms with Crippen LogP contribution in [0.1, 0.15) is 149 Å². The van der Waals surface area contributed by atoms with Gasteiger partial charge in [0.2, 0.25) is 5.91 Å². The molecule has 0 aromatic rings. The van der Waals surface area contributed by atoms with E-state index in [2.05, 4.69) is 67.8 Å². The number of amides is 1. The summed E-state index contributed by atoms with van der Waals surface area (Å²) in [6, 6.07) is 0. The van der Waals surface area contributed by atoms with Gasteiger partial charge in [-0.1, -0.05) is 127 Å². The summed E-state index contributed by atoms with van der Waals surface area (Å²) in [5.74, 6) is -0.548. The molecule has 0 spiro atoms. The van der Waals surface area contributed by atoms with Gasteiger partial charge in [0, 0.05) is 19.4 Å². The third-order valence-electron chi connectivity index (χ3n) is 7.51. The number of aliphatic hydroxyl groups excluding tert-OH is 1. The number of carbonyl (C=O) groups excluding carboxylic acids is 2. The maximum Gasteiger partial charge on any atom is 0.472 e. The summed E-state index contributed by atoms with van der Waals surface area (Å²) in [5, 5.41) is 12.6. The molecule has 10 heteroatoms. The molecule has 2 unspecified atom stereocenters. The molecule has 0 saturated heterocycles. The molecule has 9 nitrogen and oxygen atoms in total. The van der Waals surface area contributed by atoms with Crippen LogP contribution in [0.4, 0.5) is 0 Å². The summed E-state index contributed by atoms with van der Waals surface area (Å²) in [6.45, 7) is 3.41. The number of rotatable bonds is 34. The fourth-order valence-electron chi connectivity index (χ4n) is 4.66. The second-order valence-corrected chi connectivity index (χ2v) is 13.7. The number of phosphoric acid groups is 1. The summed E-state index contributed by atoms with van der Waals surface area (Å²) in [7, 11) is -4.40. The molecule has 0 aliphatic rings. The first-order valence-electron chi connectivity index (χ1n) is 18.6. The molecule has 0 heterocycles. The topological polar surface area (TPSA) is 131 Å². The summed E-state index contributed by atoms with van der Waals surface area (Å²) < 4.78 is 26.6. The summed E-state index contributed by atoms with van der Waals surface area (Å²) in [5.41, 5.74) is 0. The quantitative estimate of drug-likeness (QED) is 0.0262. The van der Waals surface area contributed by atoms with Gasteiger partial charge in [0.05, 0.1) is 13.2 Å². The van der Waals surface area contributed by atoms with Gasteiger partial charge in [-0.15, -0.1) is 0 Å². The van der Waals surface area contributed by atoms with Crippen LogP contribution in [0, 0.1) is 0 Å². The van der Waals surface area contributed by atoms with Crippen molar-refractivity contribution in [1.82, 2.24) is 5.32 Å². The van der Waals surface area contributed by atoms with E-state index in [0.29, 0.717) is 12.8 Å². The third-order valence-corrected chi connectivity index (χ3v) is 8.50. The van der Waals surface area contributed by atoms with Crippen LogP contribution >= 0.6 is 7.82 Å². The Morgan fingerprint density at radius 3 is 1.73 bits per heavy atom. The normalized spacial score (nSPS) is 14.0. The Morgan fingerprint density at radius 1 is 0.646 bits per heavy atom. The van der Waals surface area contributed by atoms with Gasteiger partial charge >= 0.3 is 13.8 Å². The number of phosphoric ester groups is 1. The van der Waals surface area contributed by atoms with Crippen LogP contribution in [0.25, 0.3) is 0 Å². The molecule has 0 radical (unpaired) electrons. The van der Waals surface area contributed by atoms with Gasteiger partial charge in [0.15, 0.2) is 0 Å². The SMILES string of the molecule is CCCCC/C=C\C/C=C\C/C=C\C/C=C\CCCCCCCC(=O)OCC(O)COP(=O)(O)OCCNC(=O)CCCCCCCC. The first-order valence-corrected chi connectivity index (χ1v) is 20.1. The molecule has 278 valence electrons. The van der Waals surface area contributed by atoms with Crippen LogP contribution in [0.3, 0.4) is 0 Å². The summed E-state index contributed by atoms with van der Waals surface area (Å²) in [4.78, 5) is 33.5. The number of hydrogen-bond acceptors (Lipinski definition) is 7. The van der Waals surface area contributed by atoms with Crippen molar-refractivity contribution in [2.45, 2.75) is 155 Å². The molecule has 48 heavy (non-hydrogen) atoms. The van der Waals surface area contributed by atoms with Crippen LogP contribution in [-0.2, 0) is 27.9 Å². The Labute approximate surface area is 292 Å². The molecule has 0 fully saturated rings. The van der Waals surface area contributed by atoms with E-state index in [0.717, 1.165) is 70.6 Å². The monoisotopic (exact) mass is 697 g/mol. The number of aliphatic hydroxyl groups is 1. The minimum absolute atomic E-state index is 0.0775. The highest BCUT2D eigenvalue weighted by Crippen LogP contribution is 2.42. The summed E-state index contributed by atoms with van der Waals surface area (Å²) in [6.07, 6.45) is 37.8. The smallest absolute Gasteiger partial charge is 0.463 e. The van der Waals surface area contributed by atoms with Crippen molar-refractivity contribution in [3.05, 3.63) is 48.6 Å². The summed E-state index contributed by atoms with van der Waals surface area (Å²) >= 11 is 0. The van der Waals surface area contributed by atoms with Gasteiger partial charge in [-0.25, -0.2) is 4.57 Å². The van der Waals surface area contributed by atoms with Crippen LogP contribution < -0.4 is 5.32 Å². The average molecular weight is 698 g/mol. The zero-order chi connectivity index (χ0) is 35.4. The highest BCUT2D eigenvalue weighted by atomic mass is 31.2. The van der Waals surface area contributed by atoms with Gasteiger partial charge in [-0.2, -0.15) is 0 Å². The number of hydrogen-bond donors (Lipinski definition) is 3. The Bertz CT molecular complexity index is 934. The number of allylic oxidation sites excluding steroid dienone is 8. The molecule has 2 atom stereocenters. The Hall–Kier alpha value is -2.03. The van der Waals surface area contributed by atoms with E-state index in [1.165, 1.54) is 44.9 Å². The standard InChI is InChI=1S/C38H68NO8P/c1-3-5-7-9-11-12-13-14-15-16-17-18-19-20-21-22-23-24-25-27-29-31-38(42)45-34-36(40)35-47-48(43,44)46-33-32-39-37(41)30-28-26-10-8-6-4-2/h11-12,14-15,17-18,20-21,36,40H,3-10,13,16,19,22-35H2,1-2H3,(H,39,41)(H,43,44)/b12-11-,15-14-,18-17-,21-20-. The lowest BCUT2D eigenvalue weighted by molar-refractivity contribution is -0.147. The molecular formula is C38H68NO8P. The van der Waals surface area contributed by atoms with Crippen molar-refractivity contribution in [3.63, 3.8) is 0 Å². The molecular weight excluding hydrogens is 629 g/mol. The van der Waals surface area contributed by atoms with E-state index in [1.54, 1.807) is 0 Å².